The minimum atomic E-state index is 0.352. The second-order valence-corrected chi connectivity index (χ2v) is 7.63. The van der Waals surface area contributed by atoms with E-state index < -0.39 is 0 Å². The van der Waals surface area contributed by atoms with Gasteiger partial charge in [0.15, 0.2) is 0 Å². The lowest BCUT2D eigenvalue weighted by molar-refractivity contribution is -0.140. The zero-order valence-electron chi connectivity index (χ0n) is 13.8. The average molecular weight is 343 g/mol. The van der Waals surface area contributed by atoms with E-state index in [9.17, 15) is 0 Å². The van der Waals surface area contributed by atoms with E-state index in [4.69, 9.17) is 21.1 Å². The molecule has 1 heterocycles. The molecule has 0 unspecified atom stereocenters. The molecule has 0 amide bonds. The Balaban J connectivity index is 1.33. The predicted octanol–water partition coefficient (Wildman–Crippen LogP) is 5.27. The molecule has 24 heavy (non-hydrogen) atoms. The van der Waals surface area contributed by atoms with Crippen molar-refractivity contribution >= 4 is 11.6 Å². The van der Waals surface area contributed by atoms with E-state index in [0.717, 1.165) is 48.8 Å². The van der Waals surface area contributed by atoms with Gasteiger partial charge >= 0.3 is 0 Å². The van der Waals surface area contributed by atoms with Crippen LogP contribution in [0.15, 0.2) is 48.5 Å². The lowest BCUT2D eigenvalue weighted by atomic mass is 9.72. The summed E-state index contributed by atoms with van der Waals surface area (Å²) in [4.78, 5) is 0. The van der Waals surface area contributed by atoms with E-state index in [0.29, 0.717) is 11.5 Å². The van der Waals surface area contributed by atoms with Gasteiger partial charge in [0, 0.05) is 10.4 Å². The van der Waals surface area contributed by atoms with Crippen LogP contribution in [0.2, 0.25) is 5.02 Å². The molecule has 0 atom stereocenters. The summed E-state index contributed by atoms with van der Waals surface area (Å²) in [6.07, 6.45) is 5.97. The summed E-state index contributed by atoms with van der Waals surface area (Å²) < 4.78 is 11.6. The fourth-order valence-electron chi connectivity index (χ4n) is 3.74. The van der Waals surface area contributed by atoms with E-state index in [2.05, 4.69) is 30.3 Å². The molecule has 3 heteroatoms. The third-order valence-electron chi connectivity index (χ3n) is 5.39. The summed E-state index contributed by atoms with van der Waals surface area (Å²) in [5, 5.41) is 0.828. The summed E-state index contributed by atoms with van der Waals surface area (Å²) in [5.41, 5.74) is 2.90. The fraction of sp³-hybridized carbons (Fsp3) is 0.429. The van der Waals surface area contributed by atoms with Crippen molar-refractivity contribution in [1.82, 2.24) is 0 Å². The van der Waals surface area contributed by atoms with Crippen LogP contribution in [0.25, 0.3) is 0 Å². The van der Waals surface area contributed by atoms with Crippen LogP contribution in [0.3, 0.4) is 0 Å². The Labute approximate surface area is 148 Å². The maximum Gasteiger partial charge on any atom is 0.119 e. The van der Waals surface area contributed by atoms with Gasteiger partial charge in [0.25, 0.3) is 0 Å². The molecule has 0 aromatic heterocycles. The van der Waals surface area contributed by atoms with Gasteiger partial charge in [0.05, 0.1) is 19.3 Å². The van der Waals surface area contributed by atoms with Gasteiger partial charge in [-0.2, -0.15) is 0 Å². The normalized spacial score (nSPS) is 19.9. The highest BCUT2D eigenvalue weighted by Gasteiger charge is 2.42. The van der Waals surface area contributed by atoms with E-state index in [-0.39, 0.29) is 0 Å². The molecule has 1 aliphatic heterocycles. The second kappa shape index (κ2) is 6.78. The topological polar surface area (TPSA) is 18.5 Å². The van der Waals surface area contributed by atoms with Crippen molar-refractivity contribution in [3.8, 4) is 5.75 Å². The first kappa shape index (κ1) is 16.0. The van der Waals surface area contributed by atoms with Gasteiger partial charge in [-0.05, 0) is 61.4 Å². The van der Waals surface area contributed by atoms with Gasteiger partial charge in [0.1, 0.15) is 5.75 Å². The first-order chi connectivity index (χ1) is 11.7. The van der Waals surface area contributed by atoms with Gasteiger partial charge in [-0.1, -0.05) is 41.9 Å². The Morgan fingerprint density at radius 2 is 1.71 bits per heavy atom. The molecular weight excluding hydrogens is 320 g/mol. The molecule has 1 spiro atoms. The molecule has 0 radical (unpaired) electrons. The molecule has 2 aliphatic rings. The van der Waals surface area contributed by atoms with Crippen LogP contribution >= 0.6 is 11.6 Å². The van der Waals surface area contributed by atoms with Gasteiger partial charge < -0.3 is 9.47 Å². The minimum absolute atomic E-state index is 0.352. The van der Waals surface area contributed by atoms with Crippen molar-refractivity contribution < 1.29 is 9.47 Å². The fourth-order valence-corrected chi connectivity index (χ4v) is 3.94. The van der Waals surface area contributed by atoms with Crippen LogP contribution in [0, 0.1) is 5.41 Å². The molecule has 0 bridgehead atoms. The smallest absolute Gasteiger partial charge is 0.119 e. The lowest BCUT2D eigenvalue weighted by Crippen LogP contribution is -2.46. The Kier molecular flexibility index (Phi) is 4.51. The quantitative estimate of drug-likeness (QED) is 0.753. The van der Waals surface area contributed by atoms with E-state index in [1.807, 2.05) is 18.2 Å². The summed E-state index contributed by atoms with van der Waals surface area (Å²) in [7, 11) is 0. The third kappa shape index (κ3) is 3.45. The van der Waals surface area contributed by atoms with Crippen LogP contribution < -0.4 is 4.74 Å². The second-order valence-electron chi connectivity index (χ2n) is 7.22. The molecule has 2 fully saturated rings. The number of rotatable bonds is 4. The van der Waals surface area contributed by atoms with Crippen molar-refractivity contribution in [2.24, 2.45) is 5.41 Å². The Bertz CT molecular complexity index is 681. The van der Waals surface area contributed by atoms with Crippen LogP contribution in [0.4, 0.5) is 0 Å². The zero-order valence-corrected chi connectivity index (χ0v) is 14.6. The largest absolute Gasteiger partial charge is 0.490 e. The molecule has 2 nitrogen and oxygen atoms in total. The van der Waals surface area contributed by atoms with Gasteiger partial charge in [0.2, 0.25) is 0 Å². The SMILES string of the molecule is Clc1ccccc1Cc1ccc(OC2CCC3(CC2)COC3)cc1. The molecule has 4 rings (SSSR count). The van der Waals surface area contributed by atoms with Gasteiger partial charge in [-0.25, -0.2) is 0 Å². The molecule has 2 aromatic carbocycles. The molecule has 1 aliphatic carbocycles. The number of benzene rings is 2. The Morgan fingerprint density at radius 1 is 1.00 bits per heavy atom. The van der Waals surface area contributed by atoms with Crippen molar-refractivity contribution in [2.75, 3.05) is 13.2 Å². The molecule has 1 saturated carbocycles. The molecular formula is C21H23ClO2. The van der Waals surface area contributed by atoms with Crippen molar-refractivity contribution in [3.63, 3.8) is 0 Å². The number of halogens is 1. The number of ether oxygens (including phenoxy) is 2. The van der Waals surface area contributed by atoms with E-state index in [1.54, 1.807) is 0 Å². The van der Waals surface area contributed by atoms with Crippen molar-refractivity contribution in [1.29, 1.82) is 0 Å². The Hall–Kier alpha value is -1.51. The highest BCUT2D eigenvalue weighted by Crippen LogP contribution is 2.43. The van der Waals surface area contributed by atoms with Crippen LogP contribution in [0.1, 0.15) is 36.8 Å². The van der Waals surface area contributed by atoms with Crippen molar-refractivity contribution in [2.45, 2.75) is 38.2 Å². The standard InChI is InChI=1S/C21H23ClO2/c22-20-4-2-1-3-17(20)13-16-5-7-18(8-6-16)24-19-9-11-21(12-10-19)14-23-15-21/h1-8,19H,9-15H2. The summed E-state index contributed by atoms with van der Waals surface area (Å²) in [5.74, 6) is 0.976. The highest BCUT2D eigenvalue weighted by molar-refractivity contribution is 6.31. The Morgan fingerprint density at radius 3 is 2.33 bits per heavy atom. The molecule has 0 N–H and O–H groups in total. The number of hydrogen-bond acceptors (Lipinski definition) is 2. The first-order valence-corrected chi connectivity index (χ1v) is 9.17. The van der Waals surface area contributed by atoms with Crippen LogP contribution in [0.5, 0.6) is 5.75 Å². The van der Waals surface area contributed by atoms with Crippen molar-refractivity contribution in [3.05, 3.63) is 64.7 Å². The maximum absolute atomic E-state index is 6.24. The highest BCUT2D eigenvalue weighted by atomic mass is 35.5. The lowest BCUT2D eigenvalue weighted by Gasteiger charge is -2.46. The van der Waals surface area contributed by atoms with E-state index >= 15 is 0 Å². The first-order valence-electron chi connectivity index (χ1n) is 8.79. The van der Waals surface area contributed by atoms with Gasteiger partial charge in [-0.15, -0.1) is 0 Å². The zero-order chi connectivity index (χ0) is 16.4. The maximum atomic E-state index is 6.24. The summed E-state index contributed by atoms with van der Waals surface area (Å²) >= 11 is 6.24. The number of hydrogen-bond donors (Lipinski definition) is 0. The average Bonchev–Trinajstić information content (AvgIpc) is 2.58. The summed E-state index contributed by atoms with van der Waals surface area (Å²) in [6.45, 7) is 1.91. The third-order valence-corrected chi connectivity index (χ3v) is 5.76. The molecule has 126 valence electrons. The van der Waals surface area contributed by atoms with E-state index in [1.165, 1.54) is 18.4 Å². The monoisotopic (exact) mass is 342 g/mol. The van der Waals surface area contributed by atoms with Crippen LogP contribution in [-0.4, -0.2) is 19.3 Å². The molecule has 1 saturated heterocycles. The summed E-state index contributed by atoms with van der Waals surface area (Å²) in [6, 6.07) is 16.5. The molecule has 2 aromatic rings. The minimum Gasteiger partial charge on any atom is -0.490 e. The van der Waals surface area contributed by atoms with Crippen LogP contribution in [-0.2, 0) is 11.2 Å². The predicted molar refractivity (Wildman–Crippen MR) is 96.8 cm³/mol. The van der Waals surface area contributed by atoms with Gasteiger partial charge in [-0.3, -0.25) is 0 Å².